The van der Waals surface area contributed by atoms with Gasteiger partial charge in [0, 0.05) is 17.1 Å². The summed E-state index contributed by atoms with van der Waals surface area (Å²) in [7, 11) is 4.59. The summed E-state index contributed by atoms with van der Waals surface area (Å²) in [5, 5.41) is 0. The molecule has 140 valence electrons. The molecule has 0 aliphatic carbocycles. The van der Waals surface area contributed by atoms with Gasteiger partial charge in [0.05, 0.1) is 40.3 Å². The summed E-state index contributed by atoms with van der Waals surface area (Å²) in [6, 6.07) is 17.7. The van der Waals surface area contributed by atoms with Crippen molar-refractivity contribution in [3.8, 4) is 0 Å². The third kappa shape index (κ3) is 6.11. The minimum absolute atomic E-state index is 0. The standard InChI is InChI=1S/2C11H16N.Fe/c2*1-12-8-6-11(7-9-12)10-4-2-3-5-10;/h2*2-5,11H,6-9H2,1H3;/q2*-1;/p+2. The van der Waals surface area contributed by atoms with Crippen molar-refractivity contribution in [3.63, 3.8) is 0 Å². The van der Waals surface area contributed by atoms with Crippen molar-refractivity contribution in [2.24, 2.45) is 0 Å². The van der Waals surface area contributed by atoms with Crippen LogP contribution in [0.15, 0.2) is 48.5 Å². The van der Waals surface area contributed by atoms with Gasteiger partial charge < -0.3 is 9.80 Å². The molecule has 25 heavy (non-hydrogen) atoms. The number of hydrogen-bond acceptors (Lipinski definition) is 0. The zero-order valence-corrected chi connectivity index (χ0v) is 16.9. The van der Waals surface area contributed by atoms with Crippen molar-refractivity contribution < 1.29 is 26.9 Å². The van der Waals surface area contributed by atoms with Gasteiger partial charge in [0.25, 0.3) is 0 Å². The molecule has 2 aliphatic rings. The van der Waals surface area contributed by atoms with Gasteiger partial charge in [-0.05, 0) is 25.7 Å². The molecule has 2 saturated heterocycles. The van der Waals surface area contributed by atoms with Crippen LogP contribution in [-0.2, 0) is 17.1 Å². The van der Waals surface area contributed by atoms with Crippen LogP contribution in [0.1, 0.15) is 48.6 Å². The second-order valence-corrected chi connectivity index (χ2v) is 7.90. The van der Waals surface area contributed by atoms with Crippen LogP contribution < -0.4 is 9.80 Å². The van der Waals surface area contributed by atoms with E-state index in [9.17, 15) is 0 Å². The maximum atomic E-state index is 2.29. The molecule has 0 radical (unpaired) electrons. The van der Waals surface area contributed by atoms with Crippen molar-refractivity contribution in [2.45, 2.75) is 37.5 Å². The zero-order valence-electron chi connectivity index (χ0n) is 15.8. The minimum atomic E-state index is 0. The average molecular weight is 382 g/mol. The summed E-state index contributed by atoms with van der Waals surface area (Å²) in [6.45, 7) is 5.37. The molecular weight excluding hydrogens is 348 g/mol. The van der Waals surface area contributed by atoms with Gasteiger partial charge in [0.15, 0.2) is 0 Å². The molecule has 2 heterocycles. The molecule has 3 heteroatoms. The van der Waals surface area contributed by atoms with E-state index >= 15 is 0 Å². The van der Waals surface area contributed by atoms with E-state index < -0.39 is 0 Å². The van der Waals surface area contributed by atoms with E-state index in [0.717, 1.165) is 11.8 Å². The van der Waals surface area contributed by atoms with Crippen molar-refractivity contribution in [1.29, 1.82) is 0 Å². The van der Waals surface area contributed by atoms with E-state index in [-0.39, 0.29) is 17.1 Å². The smallest absolute Gasteiger partial charge is 0.0764 e. The van der Waals surface area contributed by atoms with Crippen LogP contribution in [0.3, 0.4) is 0 Å². The number of piperidine rings is 2. The number of hydrogen-bond donors (Lipinski definition) is 2. The molecule has 4 rings (SSSR count). The molecule has 2 aromatic carbocycles. The molecule has 2 nitrogen and oxygen atoms in total. The summed E-state index contributed by atoms with van der Waals surface area (Å²) in [5.74, 6) is 1.70. The van der Waals surface area contributed by atoms with Crippen LogP contribution in [0, 0.1) is 0 Å². The molecular formula is C22H34FeN2. The third-order valence-corrected chi connectivity index (χ3v) is 6.00. The van der Waals surface area contributed by atoms with Gasteiger partial charge >= 0.3 is 0 Å². The molecule has 2 aliphatic heterocycles. The van der Waals surface area contributed by atoms with E-state index in [1.807, 2.05) is 0 Å². The van der Waals surface area contributed by atoms with E-state index in [0.29, 0.717) is 0 Å². The molecule has 0 aromatic heterocycles. The average Bonchev–Trinajstić information content (AvgIpc) is 3.31. The number of likely N-dealkylation sites (tertiary alicyclic amines) is 2. The van der Waals surface area contributed by atoms with Gasteiger partial charge in [0.1, 0.15) is 0 Å². The van der Waals surface area contributed by atoms with Crippen molar-refractivity contribution >= 4 is 0 Å². The monoisotopic (exact) mass is 382 g/mol. The number of nitrogens with one attached hydrogen (secondary N) is 2. The fourth-order valence-electron chi connectivity index (χ4n) is 4.21. The first-order valence-corrected chi connectivity index (χ1v) is 9.78. The summed E-state index contributed by atoms with van der Waals surface area (Å²) >= 11 is 0. The summed E-state index contributed by atoms with van der Waals surface area (Å²) in [5.41, 5.74) is 3.12. The molecule has 2 aromatic rings. The molecule has 0 unspecified atom stereocenters. The molecule has 0 saturated carbocycles. The van der Waals surface area contributed by atoms with Crippen LogP contribution in [0.4, 0.5) is 0 Å². The normalized spacial score (nSPS) is 29.2. The SMILES string of the molecule is C[NH+]1CCC([c-]2cccc2)CC1.C[NH+]1CCC([c-]2cccc2)CC1.[Fe]. The van der Waals surface area contributed by atoms with Gasteiger partial charge in [0.2, 0.25) is 0 Å². The van der Waals surface area contributed by atoms with Crippen molar-refractivity contribution in [2.75, 3.05) is 40.3 Å². The van der Waals surface area contributed by atoms with E-state index in [4.69, 9.17) is 0 Å². The minimum Gasteiger partial charge on any atom is -0.337 e. The number of quaternary nitrogens is 2. The number of rotatable bonds is 2. The fraction of sp³-hybridized carbons (Fsp3) is 0.545. The third-order valence-electron chi connectivity index (χ3n) is 6.00. The Morgan fingerprint density at radius 2 is 0.880 bits per heavy atom. The van der Waals surface area contributed by atoms with Gasteiger partial charge in [-0.15, -0.1) is 0 Å². The van der Waals surface area contributed by atoms with Gasteiger partial charge in [-0.3, -0.25) is 0 Å². The molecule has 0 bridgehead atoms. The Balaban J connectivity index is 0.000000173. The second-order valence-electron chi connectivity index (χ2n) is 7.90. The van der Waals surface area contributed by atoms with Crippen molar-refractivity contribution in [1.82, 2.24) is 0 Å². The Labute approximate surface area is 164 Å². The van der Waals surface area contributed by atoms with Crippen LogP contribution in [0.25, 0.3) is 0 Å². The Morgan fingerprint density at radius 1 is 0.600 bits per heavy atom. The molecule has 0 spiro atoms. The predicted molar refractivity (Wildman–Crippen MR) is 101 cm³/mol. The predicted octanol–water partition coefficient (Wildman–Crippen LogP) is 1.59. The molecule has 0 amide bonds. The van der Waals surface area contributed by atoms with Gasteiger partial charge in [-0.2, -0.15) is 35.4 Å². The summed E-state index contributed by atoms with van der Waals surface area (Å²) in [4.78, 5) is 3.38. The first-order chi connectivity index (χ1) is 11.7. The Kier molecular flexibility index (Phi) is 8.45. The topological polar surface area (TPSA) is 8.88 Å². The summed E-state index contributed by atoms with van der Waals surface area (Å²) in [6.07, 6.45) is 5.48. The molecule has 2 fully saturated rings. The fourth-order valence-corrected chi connectivity index (χ4v) is 4.21. The largest absolute Gasteiger partial charge is 0.337 e. The Morgan fingerprint density at radius 3 is 1.16 bits per heavy atom. The Hall–Kier alpha value is -0.861. The maximum absolute atomic E-state index is 2.29. The summed E-state index contributed by atoms with van der Waals surface area (Å²) < 4.78 is 0. The Bertz CT molecular complexity index is 493. The maximum Gasteiger partial charge on any atom is 0.0764 e. The van der Waals surface area contributed by atoms with Gasteiger partial charge in [-0.1, -0.05) is 11.8 Å². The van der Waals surface area contributed by atoms with Gasteiger partial charge in [-0.25, -0.2) is 24.3 Å². The van der Waals surface area contributed by atoms with Crippen LogP contribution in [0.5, 0.6) is 0 Å². The van der Waals surface area contributed by atoms with Crippen LogP contribution in [-0.4, -0.2) is 40.3 Å². The zero-order chi connectivity index (χ0) is 16.8. The first kappa shape index (κ1) is 20.5. The van der Waals surface area contributed by atoms with Crippen molar-refractivity contribution in [3.05, 3.63) is 59.7 Å². The van der Waals surface area contributed by atoms with E-state index in [1.54, 1.807) is 20.9 Å². The van der Waals surface area contributed by atoms with E-state index in [2.05, 4.69) is 62.6 Å². The van der Waals surface area contributed by atoms with Crippen LogP contribution >= 0.6 is 0 Å². The quantitative estimate of drug-likeness (QED) is 0.577. The first-order valence-electron chi connectivity index (χ1n) is 9.78. The molecule has 2 N–H and O–H groups in total. The van der Waals surface area contributed by atoms with E-state index in [1.165, 1.54) is 51.9 Å². The van der Waals surface area contributed by atoms with Crippen LogP contribution in [0.2, 0.25) is 0 Å². The second kappa shape index (κ2) is 10.3. The molecule has 0 atom stereocenters.